The Labute approximate surface area is 246 Å². The van der Waals surface area contributed by atoms with Crippen LogP contribution in [0, 0.1) is 17.8 Å². The fraction of sp³-hybridized carbons (Fsp3) is 0.812. The maximum Gasteiger partial charge on any atom is 0.0988 e. The van der Waals surface area contributed by atoms with E-state index in [1.165, 1.54) is 61.9 Å². The molecular weight excluding hydrogens is 514 g/mol. The van der Waals surface area contributed by atoms with Gasteiger partial charge in [0.05, 0.1) is 42.1 Å². The van der Waals surface area contributed by atoms with E-state index in [-0.39, 0.29) is 24.3 Å². The van der Waals surface area contributed by atoms with Gasteiger partial charge >= 0.3 is 0 Å². The maximum absolute atomic E-state index is 11.0. The Hall–Kier alpha value is -1.46. The smallest absolute Gasteiger partial charge is 0.0988 e. The molecule has 5 fully saturated rings. The van der Waals surface area contributed by atoms with Crippen LogP contribution in [0.15, 0.2) is 18.2 Å². The van der Waals surface area contributed by atoms with Crippen LogP contribution in [-0.4, -0.2) is 96.7 Å². The first-order valence-electron chi connectivity index (χ1n) is 16.4. The van der Waals surface area contributed by atoms with Gasteiger partial charge in [-0.05, 0) is 87.4 Å². The number of nitrogens with one attached hydrogen (secondary N) is 3. The Morgan fingerprint density at radius 3 is 2.66 bits per heavy atom. The minimum atomic E-state index is -0.693. The lowest BCUT2D eigenvalue weighted by molar-refractivity contribution is -0.0279. The number of aliphatic hydroxyl groups is 2. The number of aliphatic hydroxyl groups excluding tert-OH is 2. The minimum Gasteiger partial charge on any atom is -0.390 e. The predicted molar refractivity (Wildman–Crippen MR) is 163 cm³/mol. The summed E-state index contributed by atoms with van der Waals surface area (Å²) in [5, 5.41) is 32.7. The fourth-order valence-electron chi connectivity index (χ4n) is 9.14. The van der Waals surface area contributed by atoms with Gasteiger partial charge in [0.2, 0.25) is 0 Å². The molecular formula is C32H53N7O2. The van der Waals surface area contributed by atoms with Gasteiger partial charge in [0.15, 0.2) is 0 Å². The van der Waals surface area contributed by atoms with Crippen LogP contribution < -0.4 is 26.6 Å². The molecule has 0 bridgehead atoms. The molecule has 2 saturated heterocycles. The summed E-state index contributed by atoms with van der Waals surface area (Å²) >= 11 is 0. The number of nitrogens with two attached hydrogens (primary N) is 1. The van der Waals surface area contributed by atoms with E-state index in [1.807, 2.05) is 0 Å². The minimum absolute atomic E-state index is 0.00183. The second-order valence-electron chi connectivity index (χ2n) is 14.7. The zero-order valence-electron chi connectivity index (χ0n) is 25.3. The third kappa shape index (κ3) is 4.99. The monoisotopic (exact) mass is 567 g/mol. The largest absolute Gasteiger partial charge is 0.390 e. The Balaban J connectivity index is 0.868. The lowest BCUT2D eigenvalue weighted by Gasteiger charge is -2.43. The van der Waals surface area contributed by atoms with Crippen molar-refractivity contribution in [2.24, 2.45) is 23.5 Å². The maximum atomic E-state index is 11.0. The summed E-state index contributed by atoms with van der Waals surface area (Å²) in [4.78, 5) is 7.31. The zero-order chi connectivity index (χ0) is 28.5. The van der Waals surface area contributed by atoms with Crippen molar-refractivity contribution >= 4 is 11.4 Å². The van der Waals surface area contributed by atoms with E-state index >= 15 is 0 Å². The molecule has 3 aliphatic carbocycles. The number of nitrogens with zero attached hydrogens (tertiary/aromatic N) is 3. The molecule has 0 amide bonds. The van der Waals surface area contributed by atoms with Crippen LogP contribution in [0.25, 0.3) is 0 Å². The Morgan fingerprint density at radius 1 is 1.10 bits per heavy atom. The second kappa shape index (κ2) is 10.9. The number of benzene rings is 1. The van der Waals surface area contributed by atoms with Crippen molar-refractivity contribution in [2.45, 2.75) is 113 Å². The summed E-state index contributed by atoms with van der Waals surface area (Å²) in [5.41, 5.74) is 10.8. The van der Waals surface area contributed by atoms with Crippen molar-refractivity contribution in [3.63, 3.8) is 0 Å². The first-order valence-corrected chi connectivity index (χ1v) is 16.4. The summed E-state index contributed by atoms with van der Waals surface area (Å²) in [6.45, 7) is 4.89. The predicted octanol–water partition coefficient (Wildman–Crippen LogP) is 2.00. The van der Waals surface area contributed by atoms with Gasteiger partial charge in [0, 0.05) is 50.7 Å². The molecule has 1 aromatic carbocycles. The molecule has 4 unspecified atom stereocenters. The Kier molecular flexibility index (Phi) is 7.54. The quantitative estimate of drug-likeness (QED) is 0.281. The first kappa shape index (κ1) is 28.3. The van der Waals surface area contributed by atoms with Gasteiger partial charge in [0.1, 0.15) is 0 Å². The molecule has 7 N–H and O–H groups in total. The topological polar surface area (TPSA) is 112 Å². The molecule has 0 aromatic heterocycles. The molecule has 3 saturated carbocycles. The van der Waals surface area contributed by atoms with E-state index in [0.29, 0.717) is 30.2 Å². The van der Waals surface area contributed by atoms with Gasteiger partial charge in [-0.15, -0.1) is 0 Å². The highest BCUT2D eigenvalue weighted by molar-refractivity contribution is 5.76. The Morgan fingerprint density at radius 2 is 1.90 bits per heavy atom. The van der Waals surface area contributed by atoms with E-state index in [2.05, 4.69) is 69.9 Å². The van der Waals surface area contributed by atoms with Crippen molar-refractivity contribution < 1.29 is 10.2 Å². The SMILES string of the molecule is CN(C[C@H]1C[C@@H](N2CCC3C(N)NCNC32)[C@H](O)[C@@H]1O)C1CC(CCC2Nc3ccc(C4(C)CCC4)cc3N2C)C1. The van der Waals surface area contributed by atoms with Gasteiger partial charge in [-0.1, -0.05) is 19.4 Å². The summed E-state index contributed by atoms with van der Waals surface area (Å²) in [6.07, 6.45) is 9.96. The van der Waals surface area contributed by atoms with Crippen LogP contribution in [0.3, 0.4) is 0 Å². The number of fused-ring (bicyclic) bond motifs is 2. The number of hydrogen-bond acceptors (Lipinski definition) is 9. The van der Waals surface area contributed by atoms with Gasteiger partial charge < -0.3 is 31.1 Å². The first-order chi connectivity index (χ1) is 19.7. The van der Waals surface area contributed by atoms with Crippen LogP contribution >= 0.6 is 0 Å². The molecule has 0 spiro atoms. The number of hydrogen-bond donors (Lipinski definition) is 6. The highest BCUT2D eigenvalue weighted by atomic mass is 16.3. The molecule has 9 nitrogen and oxygen atoms in total. The van der Waals surface area contributed by atoms with Crippen molar-refractivity contribution in [3.05, 3.63) is 23.8 Å². The highest BCUT2D eigenvalue weighted by Gasteiger charge is 2.51. The molecule has 228 valence electrons. The van der Waals surface area contributed by atoms with Crippen molar-refractivity contribution in [3.8, 4) is 0 Å². The number of anilines is 2. The van der Waals surface area contributed by atoms with Gasteiger partial charge in [-0.25, -0.2) is 0 Å². The van der Waals surface area contributed by atoms with Crippen molar-refractivity contribution in [1.29, 1.82) is 0 Å². The van der Waals surface area contributed by atoms with Crippen molar-refractivity contribution in [1.82, 2.24) is 20.4 Å². The highest BCUT2D eigenvalue weighted by Crippen LogP contribution is 2.47. The second-order valence-corrected chi connectivity index (χ2v) is 14.7. The zero-order valence-corrected chi connectivity index (χ0v) is 25.3. The van der Waals surface area contributed by atoms with Crippen LogP contribution in [0.4, 0.5) is 11.4 Å². The molecule has 8 atom stereocenters. The normalized spacial score (nSPS) is 41.6. The van der Waals surface area contributed by atoms with Crippen LogP contribution in [0.1, 0.15) is 70.3 Å². The number of rotatable bonds is 8. The Bertz CT molecular complexity index is 1090. The van der Waals surface area contributed by atoms with Crippen molar-refractivity contribution in [2.75, 3.05) is 44.1 Å². The molecule has 0 radical (unpaired) electrons. The molecule has 3 aliphatic heterocycles. The van der Waals surface area contributed by atoms with Gasteiger partial charge in [-0.2, -0.15) is 0 Å². The fourth-order valence-corrected chi connectivity index (χ4v) is 9.14. The number of likely N-dealkylation sites (tertiary alicyclic amines) is 1. The van der Waals surface area contributed by atoms with E-state index < -0.39 is 12.2 Å². The standard InChI is InChI=1S/C32H53N7O2/c1-32(10-4-11-32)21-6-7-24-25(16-21)38(3)27(36-24)8-5-19-13-22(14-19)37(2)17-20-15-26(29(41)28(20)40)39-12-9-23-30(33)34-18-35-31(23)39/h6-7,16,19-20,22-23,26-31,34-36,40-41H,4-5,8-15,17-18,33H2,1-3H3/t19?,20-,22?,23?,26-,27?,28-,29+,30?,31?/m1/s1. The summed E-state index contributed by atoms with van der Waals surface area (Å²) in [5.74, 6) is 1.23. The van der Waals surface area contributed by atoms with Gasteiger partial charge in [-0.3, -0.25) is 15.5 Å². The summed E-state index contributed by atoms with van der Waals surface area (Å²) in [7, 11) is 4.47. The lowest BCUT2D eigenvalue weighted by atomic mass is 9.66. The molecule has 3 heterocycles. The summed E-state index contributed by atoms with van der Waals surface area (Å²) in [6, 6.07) is 7.67. The lowest BCUT2D eigenvalue weighted by Crippen LogP contribution is -2.64. The van der Waals surface area contributed by atoms with E-state index in [0.717, 1.165) is 31.8 Å². The molecule has 7 rings (SSSR count). The van der Waals surface area contributed by atoms with Gasteiger partial charge in [0.25, 0.3) is 0 Å². The third-order valence-corrected chi connectivity index (χ3v) is 12.3. The van der Waals surface area contributed by atoms with E-state index in [9.17, 15) is 10.2 Å². The van der Waals surface area contributed by atoms with E-state index in [1.54, 1.807) is 0 Å². The van der Waals surface area contributed by atoms with Crippen LogP contribution in [-0.2, 0) is 5.41 Å². The van der Waals surface area contributed by atoms with E-state index in [4.69, 9.17) is 5.73 Å². The average Bonchev–Trinajstić information content (AvgIpc) is 3.57. The summed E-state index contributed by atoms with van der Waals surface area (Å²) < 4.78 is 0. The molecule has 6 aliphatic rings. The van der Waals surface area contributed by atoms with Crippen LogP contribution in [0.2, 0.25) is 0 Å². The molecule has 9 heteroatoms. The van der Waals surface area contributed by atoms with Crippen LogP contribution in [0.5, 0.6) is 0 Å². The third-order valence-electron chi connectivity index (χ3n) is 12.3. The average molecular weight is 568 g/mol. The molecule has 1 aromatic rings. The molecule has 41 heavy (non-hydrogen) atoms.